The van der Waals surface area contributed by atoms with Gasteiger partial charge in [0, 0.05) is 17.4 Å². The molecule has 0 amide bonds. The van der Waals surface area contributed by atoms with Gasteiger partial charge in [0.2, 0.25) is 11.8 Å². The third kappa shape index (κ3) is 20.8. The Labute approximate surface area is 348 Å². The summed E-state index contributed by atoms with van der Waals surface area (Å²) in [6, 6.07) is 0. The zero-order chi connectivity index (χ0) is 43.0. The summed E-state index contributed by atoms with van der Waals surface area (Å²) in [5, 5.41) is 7.80. The van der Waals surface area contributed by atoms with E-state index in [1.165, 1.54) is 70.6 Å². The molecular weight excluding hydrogens is 763 g/mol. The van der Waals surface area contributed by atoms with Crippen molar-refractivity contribution in [2.75, 3.05) is 0 Å². The molecule has 16 heteroatoms. The fraction of sp³-hybridized carbons (Fsp3) is 0.857. The first-order chi connectivity index (χ1) is 27.1. The summed E-state index contributed by atoms with van der Waals surface area (Å²) in [4.78, 5) is 33.5. The van der Waals surface area contributed by atoms with E-state index in [-0.39, 0.29) is 55.5 Å². The molecule has 2 fully saturated rings. The molecule has 15 nitrogen and oxygen atoms in total. The summed E-state index contributed by atoms with van der Waals surface area (Å²) in [6.45, 7) is 16.6. The molecule has 332 valence electrons. The van der Waals surface area contributed by atoms with Gasteiger partial charge in [0.25, 0.3) is 10.2 Å². The molecule has 0 aromatic carbocycles. The van der Waals surface area contributed by atoms with Crippen molar-refractivity contribution in [2.24, 2.45) is 17.6 Å². The lowest BCUT2D eigenvalue weighted by Gasteiger charge is -2.23. The predicted molar refractivity (Wildman–Crippen MR) is 222 cm³/mol. The van der Waals surface area contributed by atoms with Gasteiger partial charge in [-0.05, 0) is 87.0 Å². The normalized spacial score (nSPS) is 17.3. The van der Waals surface area contributed by atoms with E-state index in [1.54, 1.807) is 20.8 Å². The number of hydrogen-bond acceptors (Lipinski definition) is 13. The molecule has 0 bridgehead atoms. The highest BCUT2D eigenvalue weighted by Gasteiger charge is 2.28. The summed E-state index contributed by atoms with van der Waals surface area (Å²) in [7, 11) is -3.71. The fourth-order valence-corrected chi connectivity index (χ4v) is 8.87. The summed E-state index contributed by atoms with van der Waals surface area (Å²) in [5.41, 5.74) is 3.91. The van der Waals surface area contributed by atoms with E-state index in [0.717, 1.165) is 43.9 Å². The minimum atomic E-state index is -3.71. The molecule has 58 heavy (non-hydrogen) atoms. The van der Waals surface area contributed by atoms with Crippen molar-refractivity contribution < 1.29 is 36.5 Å². The Kier molecular flexibility index (Phi) is 19.7. The minimum absolute atomic E-state index is 0.0914. The maximum absolute atomic E-state index is 12.5. The van der Waals surface area contributed by atoms with Gasteiger partial charge in [-0.1, -0.05) is 100 Å². The molecule has 2 aliphatic rings. The molecule has 0 aliphatic heterocycles. The van der Waals surface area contributed by atoms with Gasteiger partial charge in [0.15, 0.2) is 11.6 Å². The summed E-state index contributed by atoms with van der Waals surface area (Å²) >= 11 is 0. The highest BCUT2D eigenvalue weighted by atomic mass is 32.2. The molecule has 2 heterocycles. The van der Waals surface area contributed by atoms with E-state index >= 15 is 0 Å². The van der Waals surface area contributed by atoms with Crippen LogP contribution in [0.2, 0.25) is 0 Å². The van der Waals surface area contributed by atoms with Crippen LogP contribution in [0.4, 0.5) is 0 Å². The third-order valence-electron chi connectivity index (χ3n) is 10.2. The van der Waals surface area contributed by atoms with Gasteiger partial charge >= 0.3 is 11.9 Å². The molecular formula is C42H75N7O8S. The second kappa shape index (κ2) is 23.2. The van der Waals surface area contributed by atoms with Crippen LogP contribution < -0.4 is 15.2 Å². The molecule has 2 aromatic heterocycles. The van der Waals surface area contributed by atoms with Crippen LogP contribution in [-0.2, 0) is 42.4 Å². The zero-order valence-electron chi connectivity index (χ0n) is 37.0. The Morgan fingerprint density at radius 1 is 0.707 bits per heavy atom. The van der Waals surface area contributed by atoms with Crippen molar-refractivity contribution in [1.29, 1.82) is 0 Å². The molecule has 2 atom stereocenters. The van der Waals surface area contributed by atoms with Crippen LogP contribution in [0.25, 0.3) is 0 Å². The minimum Gasteiger partial charge on any atom is -0.460 e. The molecule has 4 N–H and O–H groups in total. The van der Waals surface area contributed by atoms with Crippen LogP contribution in [0.3, 0.4) is 0 Å². The number of nitrogens with zero attached hydrogens (tertiary/aromatic N) is 4. The number of carbonyl (C=O) groups excluding carboxylic acids is 2. The van der Waals surface area contributed by atoms with Gasteiger partial charge in [0.05, 0.1) is 25.9 Å². The summed E-state index contributed by atoms with van der Waals surface area (Å²) < 4.78 is 51.0. The lowest BCUT2D eigenvalue weighted by atomic mass is 9.84. The molecule has 0 unspecified atom stereocenters. The third-order valence-corrected chi connectivity index (χ3v) is 11.6. The molecule has 2 aliphatic carbocycles. The number of hydrogen-bond donors (Lipinski definition) is 3. The van der Waals surface area contributed by atoms with E-state index in [0.29, 0.717) is 17.6 Å². The lowest BCUT2D eigenvalue weighted by Crippen LogP contribution is -2.46. The maximum atomic E-state index is 12.5. The number of esters is 2. The van der Waals surface area contributed by atoms with Gasteiger partial charge in [0.1, 0.15) is 11.2 Å². The number of carbonyl (C=O) groups is 2. The Hall–Kier alpha value is -2.95. The number of nitrogens with one attached hydrogen (secondary N) is 2. The Morgan fingerprint density at radius 2 is 1.12 bits per heavy atom. The topological polar surface area (TPSA) is 215 Å². The van der Waals surface area contributed by atoms with Crippen LogP contribution in [0, 0.1) is 11.8 Å². The van der Waals surface area contributed by atoms with Crippen molar-refractivity contribution in [3.63, 3.8) is 0 Å². The molecule has 2 saturated carbocycles. The van der Waals surface area contributed by atoms with Crippen molar-refractivity contribution in [3.8, 4) is 0 Å². The van der Waals surface area contributed by atoms with Gasteiger partial charge in [-0.3, -0.25) is 9.59 Å². The molecule has 4 rings (SSSR count). The van der Waals surface area contributed by atoms with Crippen LogP contribution in [0.15, 0.2) is 9.05 Å². The van der Waals surface area contributed by atoms with Gasteiger partial charge in [-0.2, -0.15) is 27.8 Å². The van der Waals surface area contributed by atoms with Crippen LogP contribution >= 0.6 is 0 Å². The lowest BCUT2D eigenvalue weighted by molar-refractivity contribution is -0.156. The number of nitrogens with two attached hydrogens (primary N) is 1. The second-order valence-electron chi connectivity index (χ2n) is 19.3. The Morgan fingerprint density at radius 3 is 1.50 bits per heavy atom. The van der Waals surface area contributed by atoms with E-state index in [1.807, 2.05) is 41.5 Å². The zero-order valence-corrected chi connectivity index (χ0v) is 37.8. The first-order valence-corrected chi connectivity index (χ1v) is 23.2. The van der Waals surface area contributed by atoms with E-state index in [4.69, 9.17) is 24.3 Å². The van der Waals surface area contributed by atoms with Crippen molar-refractivity contribution in [2.45, 2.75) is 220 Å². The van der Waals surface area contributed by atoms with Crippen LogP contribution in [0.5, 0.6) is 0 Å². The number of ether oxygens (including phenoxy) is 2. The van der Waals surface area contributed by atoms with Gasteiger partial charge < -0.3 is 24.3 Å². The van der Waals surface area contributed by atoms with E-state index < -0.39 is 27.0 Å². The standard InChI is InChI=1S/C23H42N4O5S.C19H33N3O3/c1-22(2,3)27-33(29,30)24-16-19-25-21(32-26-19)18(15-20(28)31-23(4,5)6)14-10-13-17-11-8-7-9-12-17;1-19(2,3)24-17(23)12-15(18-21-16(13-20)22-25-18)11-7-10-14-8-5-4-6-9-14/h17-18,24,27H,7-16H2,1-6H3;14-15H,4-13,20H2,1-3H3/t18-;15-/m11/s1. The highest BCUT2D eigenvalue weighted by Crippen LogP contribution is 2.33. The van der Waals surface area contributed by atoms with Crippen molar-refractivity contribution in [3.05, 3.63) is 23.4 Å². The van der Waals surface area contributed by atoms with E-state index in [2.05, 4.69) is 29.7 Å². The van der Waals surface area contributed by atoms with E-state index in [9.17, 15) is 18.0 Å². The molecule has 0 saturated heterocycles. The quantitative estimate of drug-likeness (QED) is 0.113. The molecule has 0 radical (unpaired) electrons. The summed E-state index contributed by atoms with van der Waals surface area (Å²) in [5.74, 6) is 2.28. The Bertz CT molecular complexity index is 1610. The monoisotopic (exact) mass is 838 g/mol. The number of aromatic nitrogens is 4. The highest BCUT2D eigenvalue weighted by molar-refractivity contribution is 7.87. The number of rotatable bonds is 19. The SMILES string of the molecule is CC(C)(C)NS(=O)(=O)NCc1noc([C@H](CCCC2CCCCC2)CC(=O)OC(C)(C)C)n1.CC(C)(C)OC(=O)C[C@@H](CCCC1CCCCC1)c1nc(CN)no1. The van der Waals surface area contributed by atoms with Crippen LogP contribution in [0.1, 0.15) is 213 Å². The van der Waals surface area contributed by atoms with Crippen molar-refractivity contribution >= 4 is 22.1 Å². The smallest absolute Gasteiger partial charge is 0.307 e. The second-order valence-corrected chi connectivity index (χ2v) is 20.8. The summed E-state index contributed by atoms with van der Waals surface area (Å²) in [6.07, 6.45) is 19.7. The van der Waals surface area contributed by atoms with Crippen LogP contribution in [-0.4, -0.2) is 57.4 Å². The Balaban J connectivity index is 0.000000322. The van der Waals surface area contributed by atoms with Gasteiger partial charge in [-0.25, -0.2) is 0 Å². The predicted octanol–water partition coefficient (Wildman–Crippen LogP) is 8.45. The molecule has 0 spiro atoms. The fourth-order valence-electron chi connectivity index (χ4n) is 7.67. The average Bonchev–Trinajstić information content (AvgIpc) is 3.79. The first kappa shape index (κ1) is 49.4. The average molecular weight is 838 g/mol. The van der Waals surface area contributed by atoms with Gasteiger partial charge in [-0.15, -0.1) is 0 Å². The maximum Gasteiger partial charge on any atom is 0.307 e. The van der Waals surface area contributed by atoms with Crippen molar-refractivity contribution in [1.82, 2.24) is 29.7 Å². The largest absolute Gasteiger partial charge is 0.460 e. The molecule has 2 aromatic rings. The first-order valence-electron chi connectivity index (χ1n) is 21.7.